The Balaban J connectivity index is 1.83. The zero-order chi connectivity index (χ0) is 16.2. The van der Waals surface area contributed by atoms with Gasteiger partial charge in [-0.05, 0) is 55.5 Å². The lowest BCUT2D eigenvalue weighted by Crippen LogP contribution is -2.24. The number of nitrogens with zero attached hydrogens (tertiary/aromatic N) is 4. The lowest BCUT2D eigenvalue weighted by atomic mass is 10.1. The van der Waals surface area contributed by atoms with E-state index in [4.69, 9.17) is 0 Å². The van der Waals surface area contributed by atoms with Crippen molar-refractivity contribution in [3.05, 3.63) is 28.7 Å². The van der Waals surface area contributed by atoms with Crippen molar-refractivity contribution in [2.24, 2.45) is 0 Å². The molecule has 0 atom stereocenters. The first-order chi connectivity index (χ1) is 10.4. The third-order valence-electron chi connectivity index (χ3n) is 2.76. The molecule has 8 heteroatoms. The van der Waals surface area contributed by atoms with E-state index in [1.807, 2.05) is 45.0 Å². The van der Waals surface area contributed by atoms with Gasteiger partial charge in [-0.3, -0.25) is 4.79 Å². The molecule has 2 aromatic rings. The Hall–Kier alpha value is -1.41. The molecule has 118 valence electrons. The SMILES string of the molecule is CC(C)(C)n1nnnc1SCCC(=O)Nc1ccc(Br)cc1. The highest BCUT2D eigenvalue weighted by molar-refractivity contribution is 9.10. The molecule has 0 fully saturated rings. The molecule has 1 heterocycles. The van der Waals surface area contributed by atoms with E-state index in [-0.39, 0.29) is 11.4 Å². The minimum atomic E-state index is -0.175. The van der Waals surface area contributed by atoms with E-state index >= 15 is 0 Å². The van der Waals surface area contributed by atoms with Crippen molar-refractivity contribution in [1.82, 2.24) is 20.2 Å². The number of nitrogens with one attached hydrogen (secondary N) is 1. The van der Waals surface area contributed by atoms with E-state index in [2.05, 4.69) is 36.8 Å². The van der Waals surface area contributed by atoms with Gasteiger partial charge in [0.05, 0.1) is 5.54 Å². The van der Waals surface area contributed by atoms with Crippen LogP contribution in [-0.4, -0.2) is 31.9 Å². The van der Waals surface area contributed by atoms with Crippen LogP contribution in [0.5, 0.6) is 0 Å². The second kappa shape index (κ2) is 7.23. The number of halogens is 1. The standard InChI is InChI=1S/C14H18BrN5OS/c1-14(2,3)20-13(17-18-19-20)22-9-8-12(21)16-11-6-4-10(15)5-7-11/h4-7H,8-9H2,1-3H3,(H,16,21). The van der Waals surface area contributed by atoms with Crippen LogP contribution in [0.1, 0.15) is 27.2 Å². The molecule has 0 unspecified atom stereocenters. The quantitative estimate of drug-likeness (QED) is 0.801. The molecule has 0 aliphatic carbocycles. The fraction of sp³-hybridized carbons (Fsp3) is 0.429. The summed E-state index contributed by atoms with van der Waals surface area (Å²) in [6, 6.07) is 7.49. The van der Waals surface area contributed by atoms with Crippen LogP contribution in [0.25, 0.3) is 0 Å². The molecule has 22 heavy (non-hydrogen) atoms. The predicted octanol–water partition coefficient (Wildman–Crippen LogP) is 3.31. The van der Waals surface area contributed by atoms with Crippen molar-refractivity contribution >= 4 is 39.3 Å². The first kappa shape index (κ1) is 17.0. The Bertz CT molecular complexity index is 635. The number of amides is 1. The Morgan fingerprint density at radius 2 is 2.00 bits per heavy atom. The Labute approximate surface area is 142 Å². The van der Waals surface area contributed by atoms with Gasteiger partial charge in [0.2, 0.25) is 11.1 Å². The van der Waals surface area contributed by atoms with Gasteiger partial charge in [0.25, 0.3) is 0 Å². The van der Waals surface area contributed by atoms with Crippen LogP contribution in [-0.2, 0) is 10.3 Å². The summed E-state index contributed by atoms with van der Waals surface area (Å²) < 4.78 is 2.75. The highest BCUT2D eigenvalue weighted by Gasteiger charge is 2.19. The average molecular weight is 384 g/mol. The number of hydrogen-bond donors (Lipinski definition) is 1. The predicted molar refractivity (Wildman–Crippen MR) is 90.9 cm³/mol. The highest BCUT2D eigenvalue weighted by Crippen LogP contribution is 2.22. The number of rotatable bonds is 5. The Kier molecular flexibility index (Phi) is 5.57. The van der Waals surface area contributed by atoms with Crippen LogP contribution < -0.4 is 5.32 Å². The van der Waals surface area contributed by atoms with Gasteiger partial charge in [0, 0.05) is 22.3 Å². The van der Waals surface area contributed by atoms with Crippen LogP contribution in [0.4, 0.5) is 5.69 Å². The van der Waals surface area contributed by atoms with Gasteiger partial charge < -0.3 is 5.32 Å². The molecule has 0 radical (unpaired) electrons. The van der Waals surface area contributed by atoms with E-state index in [1.165, 1.54) is 11.8 Å². The number of aromatic nitrogens is 4. The summed E-state index contributed by atoms with van der Waals surface area (Å²) in [5.41, 5.74) is 0.614. The molecule has 0 spiro atoms. The third-order valence-corrected chi connectivity index (χ3v) is 4.21. The normalized spacial score (nSPS) is 11.5. The smallest absolute Gasteiger partial charge is 0.225 e. The van der Waals surface area contributed by atoms with E-state index in [0.717, 1.165) is 15.3 Å². The molecule has 1 aromatic carbocycles. The number of thioether (sulfide) groups is 1. The molecule has 0 aliphatic rings. The summed E-state index contributed by atoms with van der Waals surface area (Å²) in [6.07, 6.45) is 0.401. The summed E-state index contributed by atoms with van der Waals surface area (Å²) >= 11 is 4.84. The lowest BCUT2D eigenvalue weighted by molar-refractivity contribution is -0.115. The van der Waals surface area contributed by atoms with Gasteiger partial charge in [-0.25, -0.2) is 4.68 Å². The molecule has 1 N–H and O–H groups in total. The van der Waals surface area contributed by atoms with Crippen LogP contribution in [0.3, 0.4) is 0 Å². The van der Waals surface area contributed by atoms with Crippen molar-refractivity contribution in [2.45, 2.75) is 37.9 Å². The molecule has 0 saturated heterocycles. The van der Waals surface area contributed by atoms with Gasteiger partial charge >= 0.3 is 0 Å². The molecule has 0 saturated carbocycles. The summed E-state index contributed by atoms with van der Waals surface area (Å²) in [4.78, 5) is 11.9. The maximum Gasteiger partial charge on any atom is 0.225 e. The number of anilines is 1. The first-order valence-electron chi connectivity index (χ1n) is 6.83. The van der Waals surface area contributed by atoms with Crippen LogP contribution in [0.15, 0.2) is 33.9 Å². The highest BCUT2D eigenvalue weighted by atomic mass is 79.9. The maximum absolute atomic E-state index is 11.9. The van der Waals surface area contributed by atoms with Crippen LogP contribution >= 0.6 is 27.7 Å². The Morgan fingerprint density at radius 3 is 2.64 bits per heavy atom. The summed E-state index contributed by atoms with van der Waals surface area (Å²) in [6.45, 7) is 6.11. The van der Waals surface area contributed by atoms with Gasteiger partial charge in [0.15, 0.2) is 0 Å². The van der Waals surface area contributed by atoms with Gasteiger partial charge in [-0.2, -0.15) is 0 Å². The number of hydrogen-bond acceptors (Lipinski definition) is 5. The maximum atomic E-state index is 11.9. The van der Waals surface area contributed by atoms with Crippen molar-refractivity contribution in [1.29, 1.82) is 0 Å². The van der Waals surface area contributed by atoms with Crippen molar-refractivity contribution in [3.63, 3.8) is 0 Å². The second-order valence-electron chi connectivity index (χ2n) is 5.70. The molecular formula is C14H18BrN5OS. The topological polar surface area (TPSA) is 72.7 Å². The lowest BCUT2D eigenvalue weighted by Gasteiger charge is -2.19. The first-order valence-corrected chi connectivity index (χ1v) is 8.61. The largest absolute Gasteiger partial charge is 0.326 e. The fourth-order valence-electron chi connectivity index (χ4n) is 1.68. The zero-order valence-electron chi connectivity index (χ0n) is 12.7. The molecule has 1 aromatic heterocycles. The van der Waals surface area contributed by atoms with E-state index < -0.39 is 0 Å². The number of benzene rings is 1. The average Bonchev–Trinajstić information content (AvgIpc) is 2.90. The Morgan fingerprint density at radius 1 is 1.32 bits per heavy atom. The summed E-state index contributed by atoms with van der Waals surface area (Å²) in [5.74, 6) is 0.600. The number of carbonyl (C=O) groups excluding carboxylic acids is 1. The molecular weight excluding hydrogens is 366 g/mol. The zero-order valence-corrected chi connectivity index (χ0v) is 15.1. The third kappa shape index (κ3) is 4.81. The van der Waals surface area contributed by atoms with E-state index in [9.17, 15) is 4.79 Å². The van der Waals surface area contributed by atoms with Crippen molar-refractivity contribution in [3.8, 4) is 0 Å². The van der Waals surface area contributed by atoms with Crippen molar-refractivity contribution in [2.75, 3.05) is 11.1 Å². The second-order valence-corrected chi connectivity index (χ2v) is 7.68. The summed E-state index contributed by atoms with van der Waals surface area (Å²) in [7, 11) is 0. The molecule has 6 nitrogen and oxygen atoms in total. The van der Waals surface area contributed by atoms with E-state index in [0.29, 0.717) is 12.2 Å². The van der Waals surface area contributed by atoms with Crippen molar-refractivity contribution < 1.29 is 4.79 Å². The van der Waals surface area contributed by atoms with E-state index in [1.54, 1.807) is 4.68 Å². The fourth-order valence-corrected chi connectivity index (χ4v) is 2.94. The number of tetrazole rings is 1. The minimum Gasteiger partial charge on any atom is -0.326 e. The molecule has 1 amide bonds. The van der Waals surface area contributed by atoms with Gasteiger partial charge in [-0.15, -0.1) is 5.10 Å². The molecule has 2 rings (SSSR count). The minimum absolute atomic E-state index is 0.0235. The van der Waals surface area contributed by atoms with Gasteiger partial charge in [-0.1, -0.05) is 27.7 Å². The summed E-state index contributed by atoms with van der Waals surface area (Å²) in [5, 5.41) is 15.3. The van der Waals surface area contributed by atoms with Crippen LogP contribution in [0.2, 0.25) is 0 Å². The van der Waals surface area contributed by atoms with Gasteiger partial charge in [0.1, 0.15) is 0 Å². The number of carbonyl (C=O) groups is 1. The van der Waals surface area contributed by atoms with Crippen LogP contribution in [0, 0.1) is 0 Å². The monoisotopic (exact) mass is 383 g/mol. The molecule has 0 bridgehead atoms. The molecule has 0 aliphatic heterocycles.